The Morgan fingerprint density at radius 1 is 1.21 bits per heavy atom. The van der Waals surface area contributed by atoms with Crippen LogP contribution in [0.5, 0.6) is 5.75 Å². The lowest BCUT2D eigenvalue weighted by molar-refractivity contribution is -0.119. The van der Waals surface area contributed by atoms with E-state index in [1.807, 2.05) is 31.2 Å². The van der Waals surface area contributed by atoms with Gasteiger partial charge in [-0.1, -0.05) is 23.2 Å². The molecule has 0 N–H and O–H groups in total. The molecule has 0 bridgehead atoms. The summed E-state index contributed by atoms with van der Waals surface area (Å²) in [4.78, 5) is 12.6. The molecule has 4 nitrogen and oxygen atoms in total. The van der Waals surface area contributed by atoms with Crippen molar-refractivity contribution in [3.05, 3.63) is 58.6 Å². The molecule has 122 valence electrons. The van der Waals surface area contributed by atoms with Crippen molar-refractivity contribution in [1.82, 2.24) is 0 Å². The number of carbonyl (C=O) groups excluding carboxylic acids is 1. The molecule has 0 aliphatic carbocycles. The molecule has 24 heavy (non-hydrogen) atoms. The van der Waals surface area contributed by atoms with Crippen molar-refractivity contribution in [2.75, 3.05) is 11.6 Å². The van der Waals surface area contributed by atoms with E-state index in [-0.39, 0.29) is 11.8 Å². The highest BCUT2D eigenvalue weighted by atomic mass is 35.5. The summed E-state index contributed by atoms with van der Waals surface area (Å²) >= 11 is 5.95. The van der Waals surface area contributed by atoms with Gasteiger partial charge in [0.25, 0.3) is 0 Å². The fourth-order valence-corrected chi connectivity index (χ4v) is 3.34. The Bertz CT molecular complexity index is 830. The van der Waals surface area contributed by atoms with E-state index in [1.54, 1.807) is 12.1 Å². The molecule has 2 aromatic rings. The minimum atomic E-state index is 0.00201. The van der Waals surface area contributed by atoms with Gasteiger partial charge in [0.2, 0.25) is 5.91 Å². The first-order valence-electron chi connectivity index (χ1n) is 8.02. The number of amides is 1. The number of hydrazone groups is 1. The molecule has 1 atom stereocenters. The average molecular weight is 341 g/mol. The Morgan fingerprint density at radius 2 is 2.00 bits per heavy atom. The number of hydrogen-bond acceptors (Lipinski definition) is 3. The standard InChI is InChI=1S/C19H17ClN2O2/c1-12-2-7-17-16(10-12)19-13(8-9-24-17)11-18(23)22(21-19)15-5-3-14(20)4-6-15/h2-7,10,13H,8-9,11H2,1H3. The third-order valence-electron chi connectivity index (χ3n) is 4.46. The maximum Gasteiger partial charge on any atom is 0.248 e. The minimum absolute atomic E-state index is 0.00201. The molecule has 0 spiro atoms. The van der Waals surface area contributed by atoms with Gasteiger partial charge in [-0.15, -0.1) is 0 Å². The second kappa shape index (κ2) is 5.95. The second-order valence-corrected chi connectivity index (χ2v) is 6.64. The van der Waals surface area contributed by atoms with Crippen LogP contribution in [0.25, 0.3) is 0 Å². The molecule has 2 aliphatic heterocycles. The third kappa shape index (κ3) is 2.67. The Morgan fingerprint density at radius 3 is 2.79 bits per heavy atom. The van der Waals surface area contributed by atoms with Crippen LogP contribution in [-0.2, 0) is 4.79 Å². The van der Waals surface area contributed by atoms with Gasteiger partial charge in [-0.25, -0.2) is 5.01 Å². The number of fused-ring (bicyclic) bond motifs is 3. The van der Waals surface area contributed by atoms with Crippen molar-refractivity contribution >= 4 is 28.9 Å². The topological polar surface area (TPSA) is 41.9 Å². The van der Waals surface area contributed by atoms with Crippen LogP contribution in [0, 0.1) is 12.8 Å². The Kier molecular flexibility index (Phi) is 3.77. The largest absolute Gasteiger partial charge is 0.493 e. The van der Waals surface area contributed by atoms with Crippen LogP contribution < -0.4 is 9.75 Å². The van der Waals surface area contributed by atoms with E-state index in [1.165, 1.54) is 5.01 Å². The second-order valence-electron chi connectivity index (χ2n) is 6.20. The zero-order valence-electron chi connectivity index (χ0n) is 13.3. The predicted octanol–water partition coefficient (Wildman–Crippen LogP) is 4.19. The molecular formula is C19H17ClN2O2. The van der Waals surface area contributed by atoms with Gasteiger partial charge in [0, 0.05) is 22.9 Å². The minimum Gasteiger partial charge on any atom is -0.493 e. The van der Waals surface area contributed by atoms with E-state index in [9.17, 15) is 4.79 Å². The van der Waals surface area contributed by atoms with Crippen LogP contribution in [-0.4, -0.2) is 18.2 Å². The molecular weight excluding hydrogens is 324 g/mol. The summed E-state index contributed by atoms with van der Waals surface area (Å²) in [7, 11) is 0. The number of carbonyl (C=O) groups is 1. The summed E-state index contributed by atoms with van der Waals surface area (Å²) in [6.45, 7) is 2.65. The van der Waals surface area contributed by atoms with Crippen LogP contribution in [0.4, 0.5) is 5.69 Å². The molecule has 0 aromatic heterocycles. The molecule has 0 fully saturated rings. The van der Waals surface area contributed by atoms with Crippen LogP contribution in [0.2, 0.25) is 5.02 Å². The fourth-order valence-electron chi connectivity index (χ4n) is 3.22. The number of hydrogen-bond donors (Lipinski definition) is 0. The van der Waals surface area contributed by atoms with Crippen molar-refractivity contribution in [2.45, 2.75) is 19.8 Å². The van der Waals surface area contributed by atoms with Crippen LogP contribution in [0.3, 0.4) is 0 Å². The number of ether oxygens (including phenoxy) is 1. The molecule has 1 amide bonds. The van der Waals surface area contributed by atoms with Crippen LogP contribution in [0.1, 0.15) is 24.0 Å². The summed E-state index contributed by atoms with van der Waals surface area (Å²) in [5.41, 5.74) is 3.80. The van der Waals surface area contributed by atoms with Gasteiger partial charge >= 0.3 is 0 Å². The first kappa shape index (κ1) is 15.2. The van der Waals surface area contributed by atoms with E-state index in [2.05, 4.69) is 6.07 Å². The van der Waals surface area contributed by atoms with Crippen molar-refractivity contribution in [2.24, 2.45) is 11.0 Å². The summed E-state index contributed by atoms with van der Waals surface area (Å²) in [6.07, 6.45) is 1.24. The van der Waals surface area contributed by atoms with Crippen LogP contribution >= 0.6 is 11.6 Å². The van der Waals surface area contributed by atoms with E-state index >= 15 is 0 Å². The summed E-state index contributed by atoms with van der Waals surface area (Å²) < 4.78 is 5.86. The molecule has 2 aliphatic rings. The quantitative estimate of drug-likeness (QED) is 0.781. The number of benzene rings is 2. The first-order valence-corrected chi connectivity index (χ1v) is 8.40. The lowest BCUT2D eigenvalue weighted by Crippen LogP contribution is -2.37. The van der Waals surface area contributed by atoms with Crippen molar-refractivity contribution in [3.63, 3.8) is 0 Å². The highest BCUT2D eigenvalue weighted by Crippen LogP contribution is 2.34. The fraction of sp³-hybridized carbons (Fsp3) is 0.263. The zero-order chi connectivity index (χ0) is 16.7. The maximum absolute atomic E-state index is 12.6. The van der Waals surface area contributed by atoms with Gasteiger partial charge in [0.1, 0.15) is 5.75 Å². The number of anilines is 1. The van der Waals surface area contributed by atoms with Gasteiger partial charge in [-0.05, 0) is 49.7 Å². The summed E-state index contributed by atoms with van der Waals surface area (Å²) in [5, 5.41) is 6.83. The van der Waals surface area contributed by atoms with E-state index in [0.717, 1.165) is 34.7 Å². The molecule has 0 radical (unpaired) electrons. The van der Waals surface area contributed by atoms with E-state index in [4.69, 9.17) is 21.4 Å². The monoisotopic (exact) mass is 340 g/mol. The van der Waals surface area contributed by atoms with Gasteiger partial charge in [-0.2, -0.15) is 5.10 Å². The highest BCUT2D eigenvalue weighted by Gasteiger charge is 2.34. The molecule has 1 unspecified atom stereocenters. The highest BCUT2D eigenvalue weighted by molar-refractivity contribution is 6.30. The summed E-state index contributed by atoms with van der Waals surface area (Å²) in [5.74, 6) is 0.943. The third-order valence-corrected chi connectivity index (χ3v) is 4.71. The molecule has 2 aromatic carbocycles. The number of nitrogens with zero attached hydrogens (tertiary/aromatic N) is 2. The van der Waals surface area contributed by atoms with Crippen molar-refractivity contribution in [3.8, 4) is 5.75 Å². The van der Waals surface area contributed by atoms with Gasteiger partial charge < -0.3 is 4.74 Å². The zero-order valence-corrected chi connectivity index (χ0v) is 14.1. The van der Waals surface area contributed by atoms with Gasteiger partial charge in [0.15, 0.2) is 0 Å². The van der Waals surface area contributed by atoms with Crippen LogP contribution in [0.15, 0.2) is 47.6 Å². The average Bonchev–Trinajstić information content (AvgIpc) is 2.74. The summed E-state index contributed by atoms with van der Waals surface area (Å²) in [6, 6.07) is 13.3. The number of aryl methyl sites for hydroxylation is 1. The lowest BCUT2D eigenvalue weighted by Gasteiger charge is -2.28. The Labute approximate surface area is 145 Å². The molecule has 4 rings (SSSR count). The normalized spacial score (nSPS) is 19.8. The molecule has 2 heterocycles. The maximum atomic E-state index is 12.6. The lowest BCUT2D eigenvalue weighted by atomic mass is 9.89. The predicted molar refractivity (Wildman–Crippen MR) is 94.9 cm³/mol. The SMILES string of the molecule is Cc1ccc2c(c1)C1=NN(c3ccc(Cl)cc3)C(=O)CC1CCO2. The smallest absolute Gasteiger partial charge is 0.248 e. The Hall–Kier alpha value is -2.33. The van der Waals surface area contributed by atoms with E-state index in [0.29, 0.717) is 18.1 Å². The van der Waals surface area contributed by atoms with Gasteiger partial charge in [-0.3, -0.25) is 4.79 Å². The first-order chi connectivity index (χ1) is 11.6. The van der Waals surface area contributed by atoms with Crippen molar-refractivity contribution < 1.29 is 9.53 Å². The molecule has 0 saturated carbocycles. The van der Waals surface area contributed by atoms with Crippen molar-refractivity contribution in [1.29, 1.82) is 0 Å². The van der Waals surface area contributed by atoms with E-state index < -0.39 is 0 Å². The molecule has 5 heteroatoms. The number of rotatable bonds is 1. The number of halogens is 1. The Balaban J connectivity index is 1.82. The van der Waals surface area contributed by atoms with Gasteiger partial charge in [0.05, 0.1) is 18.0 Å². The molecule has 0 saturated heterocycles.